The molecule has 1 unspecified atom stereocenters. The van der Waals surface area contributed by atoms with Crippen LogP contribution in [-0.2, 0) is 4.79 Å². The van der Waals surface area contributed by atoms with Crippen molar-refractivity contribution in [2.45, 2.75) is 52.1 Å². The maximum Gasteiger partial charge on any atom is 0.314 e. The Hall–Kier alpha value is -1.79. The Bertz CT molecular complexity index is 731. The van der Waals surface area contributed by atoms with Gasteiger partial charge < -0.3 is 15.5 Å². The van der Waals surface area contributed by atoms with Crippen molar-refractivity contribution < 1.29 is 9.59 Å². The molecule has 0 radical (unpaired) electrons. The monoisotopic (exact) mass is 434 g/mol. The van der Waals surface area contributed by atoms with Crippen molar-refractivity contribution in [3.05, 3.63) is 34.9 Å². The molecule has 7 heteroatoms. The van der Waals surface area contributed by atoms with E-state index in [1.54, 1.807) is 4.90 Å². The first kappa shape index (κ1) is 22.9. The van der Waals surface area contributed by atoms with Gasteiger partial charge in [0, 0.05) is 56.3 Å². The number of piperazine rings is 1. The van der Waals surface area contributed by atoms with E-state index in [2.05, 4.69) is 42.7 Å². The molecule has 1 aromatic rings. The summed E-state index contributed by atoms with van der Waals surface area (Å²) in [6.07, 6.45) is 2.28. The molecule has 3 rings (SSSR count). The number of nitrogens with two attached hydrogens (primary N) is 1. The number of hydrogen-bond acceptors (Lipinski definition) is 3. The number of amides is 3. The Balaban J connectivity index is 1.59. The molecule has 2 atom stereocenters. The van der Waals surface area contributed by atoms with Gasteiger partial charge in [0.25, 0.3) is 0 Å². The van der Waals surface area contributed by atoms with Crippen molar-refractivity contribution in [3.63, 3.8) is 0 Å². The van der Waals surface area contributed by atoms with Gasteiger partial charge in [-0.3, -0.25) is 9.69 Å². The number of nitrogens with zero attached hydrogens (tertiary/aromatic N) is 3. The smallest absolute Gasteiger partial charge is 0.314 e. The Morgan fingerprint density at radius 3 is 2.27 bits per heavy atom. The SMILES string of the molecule is CC(C)[C@H]1CN(C(C)c2ccc(Cl)cc2)CCN1C(=O)CC1CCN(C(N)=O)CC1. The Morgan fingerprint density at radius 1 is 1.07 bits per heavy atom. The number of urea groups is 1. The highest BCUT2D eigenvalue weighted by molar-refractivity contribution is 6.30. The third-order valence-corrected chi connectivity index (χ3v) is 7.08. The molecule has 2 saturated heterocycles. The maximum absolute atomic E-state index is 13.2. The zero-order chi connectivity index (χ0) is 21.8. The first-order valence-electron chi connectivity index (χ1n) is 11.1. The normalized spacial score (nSPS) is 22.4. The Morgan fingerprint density at radius 2 is 1.70 bits per heavy atom. The molecule has 0 spiro atoms. The molecule has 0 bridgehead atoms. The number of carbonyl (C=O) groups excluding carboxylic acids is 2. The Kier molecular flexibility index (Phi) is 7.64. The lowest BCUT2D eigenvalue weighted by Gasteiger charge is -2.46. The second kappa shape index (κ2) is 10.0. The van der Waals surface area contributed by atoms with E-state index in [-0.39, 0.29) is 18.0 Å². The summed E-state index contributed by atoms with van der Waals surface area (Å²) in [5, 5.41) is 0.753. The van der Waals surface area contributed by atoms with Gasteiger partial charge in [-0.25, -0.2) is 4.79 Å². The molecule has 3 amide bonds. The van der Waals surface area contributed by atoms with Gasteiger partial charge in [0.15, 0.2) is 0 Å². The average Bonchev–Trinajstić information content (AvgIpc) is 2.73. The predicted octanol–water partition coefficient (Wildman–Crippen LogP) is 3.75. The summed E-state index contributed by atoms with van der Waals surface area (Å²) in [6, 6.07) is 8.21. The van der Waals surface area contributed by atoms with Crippen LogP contribution in [0.25, 0.3) is 0 Å². The first-order chi connectivity index (χ1) is 14.3. The quantitative estimate of drug-likeness (QED) is 0.767. The van der Waals surface area contributed by atoms with Crippen molar-refractivity contribution in [2.24, 2.45) is 17.6 Å². The van der Waals surface area contributed by atoms with Crippen LogP contribution in [0.2, 0.25) is 5.02 Å². The van der Waals surface area contributed by atoms with E-state index in [1.807, 2.05) is 12.1 Å². The molecule has 166 valence electrons. The summed E-state index contributed by atoms with van der Waals surface area (Å²) in [6.45, 7) is 10.5. The molecule has 0 aliphatic carbocycles. The van der Waals surface area contributed by atoms with E-state index in [1.165, 1.54) is 5.56 Å². The molecule has 30 heavy (non-hydrogen) atoms. The van der Waals surface area contributed by atoms with Crippen LogP contribution in [0.15, 0.2) is 24.3 Å². The second-order valence-corrected chi connectivity index (χ2v) is 9.53. The van der Waals surface area contributed by atoms with Crippen molar-refractivity contribution in [1.82, 2.24) is 14.7 Å². The fourth-order valence-corrected chi connectivity index (χ4v) is 4.86. The van der Waals surface area contributed by atoms with E-state index < -0.39 is 0 Å². The van der Waals surface area contributed by atoms with Gasteiger partial charge >= 0.3 is 6.03 Å². The lowest BCUT2D eigenvalue weighted by Crippen LogP contribution is -2.57. The van der Waals surface area contributed by atoms with Crippen molar-refractivity contribution in [2.75, 3.05) is 32.7 Å². The number of halogens is 1. The highest BCUT2D eigenvalue weighted by atomic mass is 35.5. The van der Waals surface area contributed by atoms with E-state index in [9.17, 15) is 9.59 Å². The fourth-order valence-electron chi connectivity index (χ4n) is 4.74. The topological polar surface area (TPSA) is 69.9 Å². The van der Waals surface area contributed by atoms with Gasteiger partial charge in [0.2, 0.25) is 5.91 Å². The number of rotatable bonds is 5. The van der Waals surface area contributed by atoms with Crippen LogP contribution in [-0.4, -0.2) is 65.4 Å². The molecule has 0 aromatic heterocycles. The number of piperidine rings is 1. The molecule has 2 fully saturated rings. The summed E-state index contributed by atoms with van der Waals surface area (Å²) >= 11 is 6.04. The highest BCUT2D eigenvalue weighted by Gasteiger charge is 2.35. The average molecular weight is 435 g/mol. The van der Waals surface area contributed by atoms with Gasteiger partial charge in [-0.15, -0.1) is 0 Å². The molecule has 6 nitrogen and oxygen atoms in total. The van der Waals surface area contributed by atoms with Crippen molar-refractivity contribution in [3.8, 4) is 0 Å². The largest absolute Gasteiger partial charge is 0.351 e. The molecule has 0 saturated carbocycles. The molecular weight excluding hydrogens is 400 g/mol. The molecule has 2 aliphatic rings. The van der Waals surface area contributed by atoms with E-state index in [0.717, 1.165) is 37.5 Å². The van der Waals surface area contributed by atoms with Gasteiger partial charge in [0.05, 0.1) is 0 Å². The zero-order valence-corrected chi connectivity index (χ0v) is 19.1. The molecule has 2 aliphatic heterocycles. The van der Waals surface area contributed by atoms with Crippen LogP contribution in [0, 0.1) is 11.8 Å². The minimum Gasteiger partial charge on any atom is -0.351 e. The second-order valence-electron chi connectivity index (χ2n) is 9.09. The lowest BCUT2D eigenvalue weighted by molar-refractivity contribution is -0.139. The van der Waals surface area contributed by atoms with Crippen LogP contribution >= 0.6 is 11.6 Å². The third-order valence-electron chi connectivity index (χ3n) is 6.83. The van der Waals surface area contributed by atoms with Crippen LogP contribution in [0.3, 0.4) is 0 Å². The predicted molar refractivity (Wildman–Crippen MR) is 120 cm³/mol. The summed E-state index contributed by atoms with van der Waals surface area (Å²) in [5.74, 6) is 0.989. The van der Waals surface area contributed by atoms with Gasteiger partial charge in [0.1, 0.15) is 0 Å². The standard InChI is InChI=1S/C23H35ClN4O2/c1-16(2)21-15-27(17(3)19-4-6-20(24)7-5-19)12-13-28(21)22(29)14-18-8-10-26(11-9-18)23(25)30/h4-7,16-18,21H,8-15H2,1-3H3,(H2,25,30)/t17?,21-/m1/s1. The summed E-state index contributed by atoms with van der Waals surface area (Å²) < 4.78 is 0. The number of benzene rings is 1. The van der Waals surface area contributed by atoms with E-state index in [0.29, 0.717) is 37.4 Å². The Labute approximate surface area is 185 Å². The number of hydrogen-bond donors (Lipinski definition) is 1. The third kappa shape index (κ3) is 5.46. The number of carbonyl (C=O) groups is 2. The minimum absolute atomic E-state index is 0.215. The maximum atomic E-state index is 13.2. The summed E-state index contributed by atoms with van der Waals surface area (Å²) in [7, 11) is 0. The first-order valence-corrected chi connectivity index (χ1v) is 11.5. The zero-order valence-electron chi connectivity index (χ0n) is 18.4. The van der Waals surface area contributed by atoms with Crippen molar-refractivity contribution >= 4 is 23.5 Å². The highest BCUT2D eigenvalue weighted by Crippen LogP contribution is 2.29. The van der Waals surface area contributed by atoms with Crippen LogP contribution in [0.5, 0.6) is 0 Å². The van der Waals surface area contributed by atoms with Gasteiger partial charge in [-0.05, 0) is 49.3 Å². The molecule has 1 aromatic carbocycles. The van der Waals surface area contributed by atoms with Crippen LogP contribution in [0.1, 0.15) is 51.6 Å². The van der Waals surface area contributed by atoms with Crippen LogP contribution in [0.4, 0.5) is 4.79 Å². The molecular formula is C23H35ClN4O2. The fraction of sp³-hybridized carbons (Fsp3) is 0.652. The number of likely N-dealkylation sites (tertiary alicyclic amines) is 1. The van der Waals surface area contributed by atoms with Crippen LogP contribution < -0.4 is 5.73 Å². The van der Waals surface area contributed by atoms with Crippen molar-refractivity contribution in [1.29, 1.82) is 0 Å². The van der Waals surface area contributed by atoms with E-state index >= 15 is 0 Å². The number of primary amides is 1. The molecule has 2 heterocycles. The summed E-state index contributed by atoms with van der Waals surface area (Å²) in [5.41, 5.74) is 6.62. The van der Waals surface area contributed by atoms with Gasteiger partial charge in [-0.1, -0.05) is 37.6 Å². The summed E-state index contributed by atoms with van der Waals surface area (Å²) in [4.78, 5) is 30.7. The molecule has 2 N–H and O–H groups in total. The minimum atomic E-state index is -0.356. The van der Waals surface area contributed by atoms with Gasteiger partial charge in [-0.2, -0.15) is 0 Å². The lowest BCUT2D eigenvalue weighted by atomic mass is 9.91. The van der Waals surface area contributed by atoms with E-state index in [4.69, 9.17) is 17.3 Å².